The molecular formula is C10H8F3NO5. The molecule has 19 heavy (non-hydrogen) atoms. The molecule has 1 aromatic rings. The van der Waals surface area contributed by atoms with E-state index in [0.29, 0.717) is 0 Å². The minimum absolute atomic E-state index is 0.260. The second-order valence-electron chi connectivity index (χ2n) is 3.35. The lowest BCUT2D eigenvalue weighted by atomic mass is 10.2. The summed E-state index contributed by atoms with van der Waals surface area (Å²) in [7, 11) is 0. The average molecular weight is 279 g/mol. The molecule has 0 aliphatic carbocycles. The summed E-state index contributed by atoms with van der Waals surface area (Å²) in [6, 6.07) is 2.92. The van der Waals surface area contributed by atoms with Crippen molar-refractivity contribution in [2.75, 3.05) is 11.9 Å². The predicted octanol–water partition coefficient (Wildman–Crippen LogP) is 2.20. The minimum Gasteiger partial charge on any atom is -0.506 e. The maximum absolute atomic E-state index is 11.8. The van der Waals surface area contributed by atoms with Gasteiger partial charge in [0.2, 0.25) is 0 Å². The fraction of sp³-hybridized carbons (Fsp3) is 0.200. The average Bonchev–Trinajstić information content (AvgIpc) is 2.28. The number of ether oxygens (including phenoxy) is 1. The number of aromatic hydroxyl groups is 1. The molecule has 0 saturated carbocycles. The third-order valence-corrected chi connectivity index (χ3v) is 1.85. The minimum atomic E-state index is -4.68. The lowest BCUT2D eigenvalue weighted by molar-refractivity contribution is -0.159. The standard InChI is InChI=1S/C10H8F3NO5/c11-10(12,13)4-19-9(18)14-6-3-5(8(16)17)1-2-7(6)15/h1-3,15H,4H2,(H,14,18)(H,16,17). The second-order valence-corrected chi connectivity index (χ2v) is 3.35. The summed E-state index contributed by atoms with van der Waals surface area (Å²) in [4.78, 5) is 21.6. The van der Waals surface area contributed by atoms with Crippen molar-refractivity contribution < 1.29 is 37.7 Å². The molecule has 0 aliphatic rings. The van der Waals surface area contributed by atoms with Crippen LogP contribution in [0, 0.1) is 0 Å². The molecule has 0 saturated heterocycles. The molecule has 1 amide bonds. The van der Waals surface area contributed by atoms with Gasteiger partial charge in [-0.25, -0.2) is 9.59 Å². The zero-order chi connectivity index (χ0) is 14.6. The number of hydrogen-bond donors (Lipinski definition) is 3. The Hall–Kier alpha value is -2.45. The zero-order valence-corrected chi connectivity index (χ0v) is 9.19. The van der Waals surface area contributed by atoms with Crippen LogP contribution in [-0.2, 0) is 4.74 Å². The molecule has 104 valence electrons. The van der Waals surface area contributed by atoms with Crippen LogP contribution in [0.3, 0.4) is 0 Å². The van der Waals surface area contributed by atoms with E-state index in [0.717, 1.165) is 18.2 Å². The number of carbonyl (C=O) groups excluding carboxylic acids is 1. The van der Waals surface area contributed by atoms with Crippen LogP contribution in [0.2, 0.25) is 0 Å². The second kappa shape index (κ2) is 5.46. The van der Waals surface area contributed by atoms with Gasteiger partial charge in [0.1, 0.15) is 5.75 Å². The first-order chi connectivity index (χ1) is 8.69. The van der Waals surface area contributed by atoms with Crippen molar-refractivity contribution in [1.29, 1.82) is 0 Å². The van der Waals surface area contributed by atoms with Gasteiger partial charge in [-0.2, -0.15) is 13.2 Å². The van der Waals surface area contributed by atoms with E-state index in [-0.39, 0.29) is 11.3 Å². The number of carboxylic acids is 1. The number of carbonyl (C=O) groups is 2. The lowest BCUT2D eigenvalue weighted by Crippen LogP contribution is -2.23. The van der Waals surface area contributed by atoms with Gasteiger partial charge in [0.15, 0.2) is 6.61 Å². The van der Waals surface area contributed by atoms with E-state index >= 15 is 0 Å². The summed E-state index contributed by atoms with van der Waals surface area (Å²) < 4.78 is 39.1. The highest BCUT2D eigenvalue weighted by Gasteiger charge is 2.29. The number of hydrogen-bond acceptors (Lipinski definition) is 4. The van der Waals surface area contributed by atoms with Crippen molar-refractivity contribution in [1.82, 2.24) is 0 Å². The Morgan fingerprint density at radius 2 is 1.95 bits per heavy atom. The van der Waals surface area contributed by atoms with Gasteiger partial charge in [0.25, 0.3) is 0 Å². The molecule has 6 nitrogen and oxygen atoms in total. The largest absolute Gasteiger partial charge is 0.506 e. The Kier molecular flexibility index (Phi) is 4.20. The van der Waals surface area contributed by atoms with Crippen LogP contribution < -0.4 is 5.32 Å². The normalized spacial score (nSPS) is 10.9. The van der Waals surface area contributed by atoms with E-state index in [9.17, 15) is 27.9 Å². The van der Waals surface area contributed by atoms with Crippen molar-refractivity contribution in [3.63, 3.8) is 0 Å². The maximum Gasteiger partial charge on any atom is 0.422 e. The van der Waals surface area contributed by atoms with Crippen LogP contribution in [0.1, 0.15) is 10.4 Å². The predicted molar refractivity (Wildman–Crippen MR) is 56.1 cm³/mol. The number of amides is 1. The van der Waals surface area contributed by atoms with Crippen LogP contribution >= 0.6 is 0 Å². The molecule has 0 atom stereocenters. The van der Waals surface area contributed by atoms with E-state index in [1.54, 1.807) is 5.32 Å². The fourth-order valence-corrected chi connectivity index (χ4v) is 1.06. The molecule has 0 aromatic heterocycles. The number of phenolic OH excluding ortho intramolecular Hbond substituents is 1. The van der Waals surface area contributed by atoms with Gasteiger partial charge in [0.05, 0.1) is 11.3 Å². The van der Waals surface area contributed by atoms with Gasteiger partial charge in [-0.05, 0) is 18.2 Å². The molecule has 0 heterocycles. The summed E-state index contributed by atoms with van der Waals surface area (Å²) in [5, 5.41) is 19.8. The van der Waals surface area contributed by atoms with Crippen molar-refractivity contribution in [2.24, 2.45) is 0 Å². The first-order valence-electron chi connectivity index (χ1n) is 4.76. The fourth-order valence-electron chi connectivity index (χ4n) is 1.06. The van der Waals surface area contributed by atoms with Crippen molar-refractivity contribution in [3.8, 4) is 5.75 Å². The van der Waals surface area contributed by atoms with E-state index < -0.39 is 30.6 Å². The van der Waals surface area contributed by atoms with E-state index in [1.807, 2.05) is 0 Å². The summed E-state index contributed by atoms with van der Waals surface area (Å²) in [5.74, 6) is -1.83. The molecular weight excluding hydrogens is 271 g/mol. The quantitative estimate of drug-likeness (QED) is 0.737. The number of anilines is 1. The van der Waals surface area contributed by atoms with Gasteiger partial charge in [-0.3, -0.25) is 5.32 Å². The summed E-state index contributed by atoms with van der Waals surface area (Å²) >= 11 is 0. The highest BCUT2D eigenvalue weighted by atomic mass is 19.4. The van der Waals surface area contributed by atoms with Gasteiger partial charge >= 0.3 is 18.2 Å². The van der Waals surface area contributed by atoms with Crippen LogP contribution in [0.4, 0.5) is 23.7 Å². The third-order valence-electron chi connectivity index (χ3n) is 1.85. The van der Waals surface area contributed by atoms with Gasteiger partial charge in [-0.1, -0.05) is 0 Å². The lowest BCUT2D eigenvalue weighted by Gasteiger charge is -2.10. The molecule has 1 aromatic carbocycles. The van der Waals surface area contributed by atoms with Gasteiger partial charge < -0.3 is 14.9 Å². The van der Waals surface area contributed by atoms with Crippen LogP contribution in [0.25, 0.3) is 0 Å². The molecule has 1 rings (SSSR count). The number of carboxylic acid groups (broad SMARTS) is 1. The van der Waals surface area contributed by atoms with Crippen LogP contribution in [0.5, 0.6) is 5.75 Å². The molecule has 0 bridgehead atoms. The van der Waals surface area contributed by atoms with Gasteiger partial charge in [0, 0.05) is 0 Å². The van der Waals surface area contributed by atoms with Gasteiger partial charge in [-0.15, -0.1) is 0 Å². The van der Waals surface area contributed by atoms with E-state index in [4.69, 9.17) is 5.11 Å². The Labute approximate surface area is 104 Å². The molecule has 9 heteroatoms. The summed E-state index contributed by atoms with van der Waals surface area (Å²) in [6.45, 7) is -1.79. The number of alkyl halides is 3. The first-order valence-corrected chi connectivity index (χ1v) is 4.76. The third kappa shape index (κ3) is 4.74. The number of benzene rings is 1. The summed E-state index contributed by atoms with van der Waals surface area (Å²) in [6.07, 6.45) is -6.14. The molecule has 0 fully saturated rings. The molecule has 0 spiro atoms. The first kappa shape index (κ1) is 14.6. The highest BCUT2D eigenvalue weighted by molar-refractivity contribution is 5.92. The van der Waals surface area contributed by atoms with E-state index in [2.05, 4.69) is 4.74 Å². The Morgan fingerprint density at radius 1 is 1.32 bits per heavy atom. The van der Waals surface area contributed by atoms with Crippen LogP contribution in [-0.4, -0.2) is 35.1 Å². The zero-order valence-electron chi connectivity index (χ0n) is 9.19. The van der Waals surface area contributed by atoms with Crippen molar-refractivity contribution in [2.45, 2.75) is 6.18 Å². The molecule has 0 aliphatic heterocycles. The van der Waals surface area contributed by atoms with Crippen molar-refractivity contribution in [3.05, 3.63) is 23.8 Å². The molecule has 0 radical (unpaired) electrons. The van der Waals surface area contributed by atoms with E-state index in [1.165, 1.54) is 0 Å². The Balaban J connectivity index is 2.73. The van der Waals surface area contributed by atoms with Crippen molar-refractivity contribution >= 4 is 17.7 Å². The number of rotatable bonds is 3. The highest BCUT2D eigenvalue weighted by Crippen LogP contribution is 2.24. The van der Waals surface area contributed by atoms with Crippen LogP contribution in [0.15, 0.2) is 18.2 Å². The Bertz CT molecular complexity index is 500. The smallest absolute Gasteiger partial charge is 0.422 e. The maximum atomic E-state index is 11.8. The number of nitrogens with one attached hydrogen (secondary N) is 1. The number of halogens is 3. The Morgan fingerprint density at radius 3 is 2.47 bits per heavy atom. The topological polar surface area (TPSA) is 95.9 Å². The molecule has 0 unspecified atom stereocenters. The summed E-state index contributed by atoms with van der Waals surface area (Å²) in [5.41, 5.74) is -0.629. The number of phenols is 1. The molecule has 3 N–H and O–H groups in total. The monoisotopic (exact) mass is 279 g/mol. The SMILES string of the molecule is O=C(Nc1cc(C(=O)O)ccc1O)OCC(F)(F)F. The number of aromatic carboxylic acids is 1.